The fourth-order valence-corrected chi connectivity index (χ4v) is 3.28. The molecule has 2 rings (SSSR count). The molecule has 0 bridgehead atoms. The van der Waals surface area contributed by atoms with E-state index in [4.69, 9.17) is 0 Å². The van der Waals surface area contributed by atoms with Crippen molar-refractivity contribution in [2.75, 3.05) is 26.7 Å². The van der Waals surface area contributed by atoms with Gasteiger partial charge in [-0.15, -0.1) is 0 Å². The normalized spacial score (nSPS) is 24.6. The van der Waals surface area contributed by atoms with Gasteiger partial charge in [-0.3, -0.25) is 9.88 Å². The zero-order chi connectivity index (χ0) is 14.4. The van der Waals surface area contributed by atoms with Crippen LogP contribution in [0.3, 0.4) is 0 Å². The number of hydrogen-bond donors (Lipinski definition) is 1. The highest BCUT2D eigenvalue weighted by molar-refractivity contribution is 5.18. The van der Waals surface area contributed by atoms with Crippen LogP contribution in [0.2, 0.25) is 0 Å². The molecule has 20 heavy (non-hydrogen) atoms. The van der Waals surface area contributed by atoms with Gasteiger partial charge in [0.1, 0.15) is 0 Å². The summed E-state index contributed by atoms with van der Waals surface area (Å²) in [5, 5.41) is 3.62. The fraction of sp³-hybridized carbons (Fsp3) is 0.706. The van der Waals surface area contributed by atoms with Gasteiger partial charge in [0.25, 0.3) is 0 Å². The first-order valence-corrected chi connectivity index (χ1v) is 8.06. The summed E-state index contributed by atoms with van der Waals surface area (Å²) in [6, 6.07) is 4.92. The Morgan fingerprint density at radius 2 is 2.20 bits per heavy atom. The van der Waals surface area contributed by atoms with Crippen molar-refractivity contribution in [3.63, 3.8) is 0 Å². The Morgan fingerprint density at radius 3 is 2.90 bits per heavy atom. The third-order valence-electron chi connectivity index (χ3n) is 4.37. The number of aryl methyl sites for hydroxylation is 1. The molecule has 1 aliphatic rings. The van der Waals surface area contributed by atoms with Crippen LogP contribution in [0.5, 0.6) is 0 Å². The van der Waals surface area contributed by atoms with Crippen molar-refractivity contribution in [2.24, 2.45) is 5.92 Å². The molecule has 1 aliphatic heterocycles. The number of likely N-dealkylation sites (tertiary alicyclic amines) is 1. The number of aromatic nitrogens is 1. The molecule has 1 N–H and O–H groups in total. The average molecular weight is 275 g/mol. The van der Waals surface area contributed by atoms with Gasteiger partial charge in [0.05, 0.1) is 0 Å². The van der Waals surface area contributed by atoms with Crippen LogP contribution in [0.4, 0.5) is 0 Å². The van der Waals surface area contributed by atoms with Gasteiger partial charge in [0.2, 0.25) is 0 Å². The average Bonchev–Trinajstić information content (AvgIpc) is 2.62. The summed E-state index contributed by atoms with van der Waals surface area (Å²) < 4.78 is 0. The Morgan fingerprint density at radius 1 is 1.35 bits per heavy atom. The monoisotopic (exact) mass is 275 g/mol. The molecule has 3 nitrogen and oxygen atoms in total. The molecule has 2 unspecified atom stereocenters. The highest BCUT2D eigenvalue weighted by atomic mass is 15.1. The van der Waals surface area contributed by atoms with E-state index in [9.17, 15) is 0 Å². The van der Waals surface area contributed by atoms with Gasteiger partial charge in [-0.1, -0.05) is 19.4 Å². The molecule has 0 radical (unpaired) electrons. The fourth-order valence-electron chi connectivity index (χ4n) is 3.28. The van der Waals surface area contributed by atoms with Crippen LogP contribution in [-0.2, 0) is 0 Å². The summed E-state index contributed by atoms with van der Waals surface area (Å²) >= 11 is 0. The number of pyridine rings is 1. The Bertz CT molecular complexity index is 388. The van der Waals surface area contributed by atoms with Gasteiger partial charge in [0, 0.05) is 17.9 Å². The van der Waals surface area contributed by atoms with Crippen molar-refractivity contribution < 1.29 is 0 Å². The number of nitrogens with one attached hydrogen (secondary N) is 1. The van der Waals surface area contributed by atoms with E-state index in [1.807, 2.05) is 0 Å². The van der Waals surface area contributed by atoms with Gasteiger partial charge in [0.15, 0.2) is 0 Å². The first kappa shape index (κ1) is 15.5. The smallest absolute Gasteiger partial charge is 0.0400 e. The Balaban J connectivity index is 2.14. The van der Waals surface area contributed by atoms with Crippen molar-refractivity contribution in [1.29, 1.82) is 0 Å². The lowest BCUT2D eigenvalue weighted by Gasteiger charge is -2.33. The molecule has 1 aromatic heterocycles. The highest BCUT2D eigenvalue weighted by Crippen LogP contribution is 2.33. The maximum Gasteiger partial charge on any atom is 0.0400 e. The number of rotatable bonds is 5. The maximum absolute atomic E-state index is 4.50. The molecule has 112 valence electrons. The predicted molar refractivity (Wildman–Crippen MR) is 84.8 cm³/mol. The van der Waals surface area contributed by atoms with E-state index in [2.05, 4.69) is 54.4 Å². The Hall–Kier alpha value is -0.930. The van der Waals surface area contributed by atoms with Crippen molar-refractivity contribution in [2.45, 2.75) is 45.6 Å². The molecule has 0 aliphatic carbocycles. The zero-order valence-electron chi connectivity index (χ0n) is 13.2. The first-order valence-electron chi connectivity index (χ1n) is 8.06. The minimum absolute atomic E-state index is 0.509. The van der Waals surface area contributed by atoms with Crippen LogP contribution in [-0.4, -0.2) is 36.6 Å². The maximum atomic E-state index is 4.50. The van der Waals surface area contributed by atoms with Crippen molar-refractivity contribution >= 4 is 0 Å². The summed E-state index contributed by atoms with van der Waals surface area (Å²) in [6.45, 7) is 7.73. The minimum Gasteiger partial charge on any atom is -0.316 e. The molecule has 0 aromatic carbocycles. The third kappa shape index (κ3) is 4.03. The van der Waals surface area contributed by atoms with E-state index >= 15 is 0 Å². The summed E-state index contributed by atoms with van der Waals surface area (Å²) in [4.78, 5) is 7.03. The lowest BCUT2D eigenvalue weighted by molar-refractivity contribution is 0.189. The second-order valence-corrected chi connectivity index (χ2v) is 6.12. The molecule has 1 saturated heterocycles. The van der Waals surface area contributed by atoms with E-state index in [-0.39, 0.29) is 0 Å². The summed E-state index contributed by atoms with van der Waals surface area (Å²) in [7, 11) is 2.27. The second kappa shape index (κ2) is 7.75. The van der Waals surface area contributed by atoms with Gasteiger partial charge >= 0.3 is 0 Å². The van der Waals surface area contributed by atoms with Crippen LogP contribution >= 0.6 is 0 Å². The number of nitrogens with zero attached hydrogens (tertiary/aromatic N) is 2. The lowest BCUT2D eigenvalue weighted by atomic mass is 9.90. The van der Waals surface area contributed by atoms with Crippen molar-refractivity contribution in [3.05, 3.63) is 29.6 Å². The topological polar surface area (TPSA) is 28.2 Å². The van der Waals surface area contributed by atoms with E-state index in [0.29, 0.717) is 12.0 Å². The van der Waals surface area contributed by atoms with Crippen LogP contribution in [0.25, 0.3) is 0 Å². The van der Waals surface area contributed by atoms with Crippen LogP contribution in [0.15, 0.2) is 18.3 Å². The Kier molecular flexibility index (Phi) is 5.99. The molecular weight excluding hydrogens is 246 g/mol. The van der Waals surface area contributed by atoms with Gasteiger partial charge in [-0.25, -0.2) is 0 Å². The molecule has 2 heterocycles. The van der Waals surface area contributed by atoms with Gasteiger partial charge < -0.3 is 5.32 Å². The quantitative estimate of drug-likeness (QED) is 0.837. The van der Waals surface area contributed by atoms with Gasteiger partial charge in [-0.05, 0) is 70.4 Å². The van der Waals surface area contributed by atoms with E-state index in [0.717, 1.165) is 18.8 Å². The number of hydrogen-bond acceptors (Lipinski definition) is 3. The molecule has 0 saturated carbocycles. The molecule has 3 heteroatoms. The van der Waals surface area contributed by atoms with E-state index < -0.39 is 0 Å². The van der Waals surface area contributed by atoms with E-state index in [1.165, 1.54) is 37.8 Å². The molecule has 0 spiro atoms. The van der Waals surface area contributed by atoms with Gasteiger partial charge in [-0.2, -0.15) is 0 Å². The molecule has 0 amide bonds. The van der Waals surface area contributed by atoms with Crippen LogP contribution < -0.4 is 5.32 Å². The molecule has 1 fully saturated rings. The summed E-state index contributed by atoms with van der Waals surface area (Å²) in [5.41, 5.74) is 2.48. The third-order valence-corrected chi connectivity index (χ3v) is 4.37. The van der Waals surface area contributed by atoms with Crippen molar-refractivity contribution in [3.8, 4) is 0 Å². The standard InChI is InChI=1S/C17H29N3/c1-4-10-18-12-15-7-5-6-11-20(3)17(15)16-9-8-14(2)19-13-16/h8-9,13,15,17-18H,4-7,10-12H2,1-3H3. The SMILES string of the molecule is CCCNCC1CCCCN(C)C1c1ccc(C)nc1. The minimum atomic E-state index is 0.509. The second-order valence-electron chi connectivity index (χ2n) is 6.12. The molecule has 2 atom stereocenters. The molecule has 1 aromatic rings. The van der Waals surface area contributed by atoms with Crippen LogP contribution in [0.1, 0.15) is 49.9 Å². The van der Waals surface area contributed by atoms with Crippen molar-refractivity contribution in [1.82, 2.24) is 15.2 Å². The van der Waals surface area contributed by atoms with E-state index in [1.54, 1.807) is 0 Å². The highest BCUT2D eigenvalue weighted by Gasteiger charge is 2.28. The Labute approximate surface area is 123 Å². The van der Waals surface area contributed by atoms with Crippen LogP contribution in [0, 0.1) is 12.8 Å². The zero-order valence-corrected chi connectivity index (χ0v) is 13.2. The first-order chi connectivity index (χ1) is 9.72. The lowest BCUT2D eigenvalue weighted by Crippen LogP contribution is -2.35. The summed E-state index contributed by atoms with van der Waals surface area (Å²) in [6.07, 6.45) is 7.27. The largest absolute Gasteiger partial charge is 0.316 e. The molecular formula is C17H29N3. The predicted octanol–water partition coefficient (Wildman–Crippen LogP) is 3.16. The summed E-state index contributed by atoms with van der Waals surface area (Å²) in [5.74, 6) is 0.693.